The summed E-state index contributed by atoms with van der Waals surface area (Å²) in [5.74, 6) is -1.70. The number of unbranched alkanes of at least 4 members (excludes halogenated alkanes) is 1. The number of aliphatic carboxylic acids is 2. The molecular weight excluding hydrogens is 224 g/mol. The third kappa shape index (κ3) is 14.6. The number of rotatable bonds is 7. The van der Waals surface area contributed by atoms with E-state index in [0.29, 0.717) is 18.6 Å². The normalized spacial score (nSPS) is 10.4. The van der Waals surface area contributed by atoms with E-state index in [9.17, 15) is 9.59 Å². The van der Waals surface area contributed by atoms with Gasteiger partial charge in [-0.25, -0.2) is 9.59 Å². The molecule has 0 aromatic heterocycles. The van der Waals surface area contributed by atoms with Crippen LogP contribution >= 0.6 is 0 Å². The second kappa shape index (κ2) is 12.7. The standard InChI is InChI=1S/C8H14O2.C4H8O3/c1-3-5-6-7(4-2)8(9)10;1-2-7-3-4(5)6/h6H,3-5H2,1-2H3,(H,9,10);2-3H2,1H3,(H,5,6). The van der Waals surface area contributed by atoms with Crippen LogP contribution in [0.25, 0.3) is 0 Å². The lowest BCUT2D eigenvalue weighted by molar-refractivity contribution is -0.142. The average Bonchev–Trinajstić information content (AvgIpc) is 2.27. The van der Waals surface area contributed by atoms with E-state index in [1.165, 1.54) is 0 Å². The van der Waals surface area contributed by atoms with E-state index >= 15 is 0 Å². The molecule has 100 valence electrons. The van der Waals surface area contributed by atoms with Crippen molar-refractivity contribution >= 4 is 11.9 Å². The van der Waals surface area contributed by atoms with Crippen LogP contribution in [0.15, 0.2) is 11.6 Å². The van der Waals surface area contributed by atoms with Crippen molar-refractivity contribution < 1.29 is 24.5 Å². The van der Waals surface area contributed by atoms with Gasteiger partial charge in [0.05, 0.1) is 0 Å². The predicted octanol–water partition coefficient (Wildman–Crippen LogP) is 2.31. The van der Waals surface area contributed by atoms with Crippen molar-refractivity contribution in [2.24, 2.45) is 0 Å². The molecule has 0 fully saturated rings. The molecule has 5 nitrogen and oxygen atoms in total. The molecule has 0 rings (SSSR count). The van der Waals surface area contributed by atoms with Crippen LogP contribution in [0.1, 0.15) is 40.0 Å². The summed E-state index contributed by atoms with van der Waals surface area (Å²) in [5, 5.41) is 16.5. The lowest BCUT2D eigenvalue weighted by atomic mass is 10.1. The minimum absolute atomic E-state index is 0.184. The van der Waals surface area contributed by atoms with Crippen LogP contribution < -0.4 is 0 Å². The number of carbonyl (C=O) groups is 2. The fourth-order valence-electron chi connectivity index (χ4n) is 0.891. The van der Waals surface area contributed by atoms with E-state index < -0.39 is 11.9 Å². The molecule has 0 atom stereocenters. The Labute approximate surface area is 102 Å². The molecule has 0 aliphatic heterocycles. The van der Waals surface area contributed by atoms with Gasteiger partial charge in [-0.15, -0.1) is 0 Å². The average molecular weight is 246 g/mol. The Balaban J connectivity index is 0. The summed E-state index contributed by atoms with van der Waals surface area (Å²) in [6.07, 6.45) is 4.30. The first kappa shape index (κ1) is 18.0. The molecule has 2 N–H and O–H groups in total. The summed E-state index contributed by atoms with van der Waals surface area (Å²) in [6, 6.07) is 0. The van der Waals surface area contributed by atoms with E-state index in [-0.39, 0.29) is 6.61 Å². The van der Waals surface area contributed by atoms with Gasteiger partial charge in [0.2, 0.25) is 0 Å². The van der Waals surface area contributed by atoms with Crippen LogP contribution in [0.4, 0.5) is 0 Å². The van der Waals surface area contributed by atoms with E-state index in [1.807, 2.05) is 13.8 Å². The highest BCUT2D eigenvalue weighted by Gasteiger charge is 2.01. The van der Waals surface area contributed by atoms with Gasteiger partial charge in [0.25, 0.3) is 0 Å². The largest absolute Gasteiger partial charge is 0.480 e. The summed E-state index contributed by atoms with van der Waals surface area (Å²) >= 11 is 0. The van der Waals surface area contributed by atoms with E-state index in [2.05, 4.69) is 4.74 Å². The number of hydrogen-bond acceptors (Lipinski definition) is 3. The van der Waals surface area contributed by atoms with Crippen molar-refractivity contribution in [2.45, 2.75) is 40.0 Å². The van der Waals surface area contributed by atoms with Crippen molar-refractivity contribution in [3.63, 3.8) is 0 Å². The summed E-state index contributed by atoms with van der Waals surface area (Å²) in [6.45, 7) is 5.92. The third-order valence-corrected chi connectivity index (χ3v) is 1.76. The number of carboxylic acid groups (broad SMARTS) is 2. The summed E-state index contributed by atoms with van der Waals surface area (Å²) < 4.78 is 4.50. The molecule has 5 heteroatoms. The van der Waals surface area contributed by atoms with Crippen LogP contribution in [0.3, 0.4) is 0 Å². The van der Waals surface area contributed by atoms with Gasteiger partial charge in [-0.05, 0) is 19.8 Å². The van der Waals surface area contributed by atoms with Gasteiger partial charge in [0, 0.05) is 12.2 Å². The van der Waals surface area contributed by atoms with Crippen LogP contribution in [-0.2, 0) is 14.3 Å². The summed E-state index contributed by atoms with van der Waals surface area (Å²) in [7, 11) is 0. The molecule has 0 aliphatic carbocycles. The van der Waals surface area contributed by atoms with Gasteiger partial charge in [0.1, 0.15) is 6.61 Å². The zero-order valence-electron chi connectivity index (χ0n) is 10.7. The Morgan fingerprint density at radius 1 is 1.18 bits per heavy atom. The smallest absolute Gasteiger partial charge is 0.331 e. The Kier molecular flexibility index (Phi) is 13.5. The van der Waals surface area contributed by atoms with Crippen molar-refractivity contribution in [1.29, 1.82) is 0 Å². The fraction of sp³-hybridized carbons (Fsp3) is 0.667. The maximum atomic E-state index is 10.4. The first-order chi connectivity index (χ1) is 7.99. The maximum absolute atomic E-state index is 10.4. The fourth-order valence-corrected chi connectivity index (χ4v) is 0.891. The maximum Gasteiger partial charge on any atom is 0.331 e. The van der Waals surface area contributed by atoms with Crippen LogP contribution in [-0.4, -0.2) is 35.4 Å². The molecule has 0 unspecified atom stereocenters. The lowest BCUT2D eigenvalue weighted by Gasteiger charge is -1.94. The van der Waals surface area contributed by atoms with Crippen molar-refractivity contribution in [2.75, 3.05) is 13.2 Å². The van der Waals surface area contributed by atoms with Gasteiger partial charge < -0.3 is 14.9 Å². The van der Waals surface area contributed by atoms with Gasteiger partial charge in [-0.3, -0.25) is 0 Å². The quantitative estimate of drug-likeness (QED) is 0.673. The molecule has 0 aromatic carbocycles. The molecule has 0 bridgehead atoms. The van der Waals surface area contributed by atoms with Gasteiger partial charge in [-0.1, -0.05) is 26.3 Å². The molecule has 0 saturated carbocycles. The van der Waals surface area contributed by atoms with Crippen LogP contribution in [0.5, 0.6) is 0 Å². The van der Waals surface area contributed by atoms with Crippen LogP contribution in [0, 0.1) is 0 Å². The molecule has 0 aliphatic rings. The minimum atomic E-state index is -0.915. The molecule has 17 heavy (non-hydrogen) atoms. The topological polar surface area (TPSA) is 83.8 Å². The molecule has 0 aromatic rings. The SMILES string of the molecule is CCCC=C(CC)C(=O)O.CCOCC(=O)O. The highest BCUT2D eigenvalue weighted by atomic mass is 16.5. The Hall–Kier alpha value is -1.36. The zero-order chi connectivity index (χ0) is 13.7. The molecule has 0 radical (unpaired) electrons. The van der Waals surface area contributed by atoms with Crippen molar-refractivity contribution in [3.8, 4) is 0 Å². The Morgan fingerprint density at radius 2 is 1.76 bits per heavy atom. The molecule has 0 heterocycles. The van der Waals surface area contributed by atoms with E-state index in [0.717, 1.165) is 12.8 Å². The monoisotopic (exact) mass is 246 g/mol. The van der Waals surface area contributed by atoms with E-state index in [4.69, 9.17) is 10.2 Å². The van der Waals surface area contributed by atoms with Gasteiger partial charge in [0.15, 0.2) is 0 Å². The lowest BCUT2D eigenvalue weighted by Crippen LogP contribution is -2.05. The van der Waals surface area contributed by atoms with Crippen LogP contribution in [0.2, 0.25) is 0 Å². The highest BCUT2D eigenvalue weighted by Crippen LogP contribution is 2.03. The van der Waals surface area contributed by atoms with Gasteiger partial charge in [-0.2, -0.15) is 0 Å². The number of ether oxygens (including phenoxy) is 1. The second-order valence-electron chi connectivity index (χ2n) is 3.21. The van der Waals surface area contributed by atoms with Crippen molar-refractivity contribution in [1.82, 2.24) is 0 Å². The first-order valence-corrected chi connectivity index (χ1v) is 5.71. The summed E-state index contributed by atoms with van der Waals surface area (Å²) in [4.78, 5) is 20.0. The minimum Gasteiger partial charge on any atom is -0.480 e. The zero-order valence-corrected chi connectivity index (χ0v) is 10.7. The molecule has 0 spiro atoms. The highest BCUT2D eigenvalue weighted by molar-refractivity contribution is 5.86. The number of allylic oxidation sites excluding steroid dienone is 1. The number of carboxylic acids is 2. The molecule has 0 saturated heterocycles. The predicted molar refractivity (Wildman–Crippen MR) is 65.0 cm³/mol. The van der Waals surface area contributed by atoms with E-state index in [1.54, 1.807) is 13.0 Å². The summed E-state index contributed by atoms with van der Waals surface area (Å²) in [5.41, 5.74) is 0.529. The number of hydrogen-bond donors (Lipinski definition) is 2. The Morgan fingerprint density at radius 3 is 2.00 bits per heavy atom. The molecule has 0 amide bonds. The Bertz CT molecular complexity index is 245. The first-order valence-electron chi connectivity index (χ1n) is 5.71. The third-order valence-electron chi connectivity index (χ3n) is 1.76. The second-order valence-corrected chi connectivity index (χ2v) is 3.21. The van der Waals surface area contributed by atoms with Crippen molar-refractivity contribution in [3.05, 3.63) is 11.6 Å². The van der Waals surface area contributed by atoms with Gasteiger partial charge >= 0.3 is 11.9 Å². The molecular formula is C12H22O5.